The molecule has 0 aliphatic rings. The number of benzene rings is 10. The van der Waals surface area contributed by atoms with Crippen molar-refractivity contribution >= 4 is 104 Å². The number of hydrogen-bond acceptors (Lipinski definition) is 3. The zero-order valence-electron chi connectivity index (χ0n) is 41.6. The summed E-state index contributed by atoms with van der Waals surface area (Å²) in [5, 5.41) is 8.82. The molecule has 0 amide bonds. The smallest absolute Gasteiger partial charge is 0.109 e. The first-order valence-corrected chi connectivity index (χ1v) is 26.0. The molecule has 3 nitrogen and oxygen atoms in total. The summed E-state index contributed by atoms with van der Waals surface area (Å²) in [6.07, 6.45) is 0. The highest BCUT2D eigenvalue weighted by atomic mass is 32.1. The Hall–Kier alpha value is -8.18. The maximum absolute atomic E-state index is 2.58. The molecule has 13 aromatic rings. The van der Waals surface area contributed by atoms with E-state index < -0.39 is 0 Å². The molecule has 0 saturated heterocycles. The molecule has 3 aromatic heterocycles. The van der Waals surface area contributed by atoms with Crippen molar-refractivity contribution in [1.82, 2.24) is 4.40 Å². The van der Waals surface area contributed by atoms with Gasteiger partial charge in [0.1, 0.15) is 4.83 Å². The molecular weight excluding hydrogens is 891 g/mol. The van der Waals surface area contributed by atoms with E-state index in [0.29, 0.717) is 0 Å². The molecule has 0 aliphatic heterocycles. The summed E-state index contributed by atoms with van der Waals surface area (Å²) in [6, 6.07) is 83.4. The summed E-state index contributed by atoms with van der Waals surface area (Å²) in [4.78, 5) is 6.16. The first-order chi connectivity index (χ1) is 35.0. The van der Waals surface area contributed by atoms with Crippen LogP contribution < -0.4 is 9.80 Å². The van der Waals surface area contributed by atoms with Gasteiger partial charge in [-0.05, 0) is 140 Å². The van der Waals surface area contributed by atoms with E-state index in [-0.39, 0.29) is 10.8 Å². The van der Waals surface area contributed by atoms with Gasteiger partial charge in [0.15, 0.2) is 0 Å². The van der Waals surface area contributed by atoms with Crippen molar-refractivity contribution in [2.75, 3.05) is 9.80 Å². The van der Waals surface area contributed by atoms with Crippen molar-refractivity contribution in [2.24, 2.45) is 0 Å². The molecule has 0 radical (unpaired) electrons. The minimum Gasteiger partial charge on any atom is -0.310 e. The molecule has 0 N–H and O–H groups in total. The van der Waals surface area contributed by atoms with Gasteiger partial charge in [0.05, 0.1) is 16.7 Å². The van der Waals surface area contributed by atoms with Crippen LogP contribution in [0.2, 0.25) is 0 Å². The van der Waals surface area contributed by atoms with Crippen molar-refractivity contribution < 1.29 is 0 Å². The molecule has 13 rings (SSSR count). The highest BCUT2D eigenvalue weighted by Crippen LogP contribution is 2.52. The van der Waals surface area contributed by atoms with Crippen LogP contribution in [-0.4, -0.2) is 4.40 Å². The van der Waals surface area contributed by atoms with E-state index in [2.05, 4.69) is 280 Å². The van der Waals surface area contributed by atoms with Crippen molar-refractivity contribution in [3.05, 3.63) is 236 Å². The number of anilines is 6. The lowest BCUT2D eigenvalue weighted by Gasteiger charge is -2.28. The Balaban J connectivity index is 1.02. The third-order valence-electron chi connectivity index (χ3n) is 14.8. The molecule has 0 bridgehead atoms. The van der Waals surface area contributed by atoms with E-state index in [9.17, 15) is 0 Å². The fraction of sp³-hybridized carbons (Fsp3) is 0.118. The monoisotopic (exact) mass is 945 g/mol. The zero-order chi connectivity index (χ0) is 48.9. The molecule has 0 saturated carbocycles. The van der Waals surface area contributed by atoms with E-state index in [1.54, 1.807) is 0 Å². The average molecular weight is 946 g/mol. The Bertz CT molecular complexity index is 4120. The zero-order valence-corrected chi connectivity index (χ0v) is 42.4. The van der Waals surface area contributed by atoms with Crippen LogP contribution in [0.4, 0.5) is 34.1 Å². The lowest BCUT2D eigenvalue weighted by atomic mass is 9.87. The molecule has 10 aromatic carbocycles. The molecule has 0 spiro atoms. The van der Waals surface area contributed by atoms with Crippen molar-refractivity contribution in [2.45, 2.75) is 52.4 Å². The van der Waals surface area contributed by atoms with Gasteiger partial charge >= 0.3 is 0 Å². The van der Waals surface area contributed by atoms with Crippen LogP contribution in [0.3, 0.4) is 0 Å². The first-order valence-electron chi connectivity index (χ1n) is 25.2. The summed E-state index contributed by atoms with van der Waals surface area (Å²) in [5.74, 6) is 0. The van der Waals surface area contributed by atoms with Gasteiger partial charge in [0, 0.05) is 60.1 Å². The molecule has 72 heavy (non-hydrogen) atoms. The fourth-order valence-corrected chi connectivity index (χ4v) is 12.2. The Labute approximate surface area is 425 Å². The molecule has 0 atom stereocenters. The summed E-state index contributed by atoms with van der Waals surface area (Å²) >= 11 is 1.90. The largest absolute Gasteiger partial charge is 0.310 e. The predicted octanol–water partition coefficient (Wildman–Crippen LogP) is 20.1. The molecule has 0 aliphatic carbocycles. The average Bonchev–Trinajstić information content (AvgIpc) is 4.05. The van der Waals surface area contributed by atoms with Crippen LogP contribution in [0.1, 0.15) is 52.7 Å². The van der Waals surface area contributed by atoms with E-state index in [0.717, 1.165) is 28.4 Å². The highest BCUT2D eigenvalue weighted by Gasteiger charge is 2.28. The van der Waals surface area contributed by atoms with Gasteiger partial charge in [-0.25, -0.2) is 0 Å². The number of aromatic nitrogens is 1. The standard InChI is InChI=1S/C68H55N3S/c1-67(2,3)50-26-35-53(36-27-50)69(52-30-21-46(22-31-52)44-15-9-7-10-16-44)56-34-25-48-42-59-57-39-40-60(64-63-58-19-13-14-20-62(58)72-66(63)71(65(57)64)61(59)43-49(48)41-56)70(55-37-28-51(29-38-55)68(4,5)6)54-32-23-47(24-33-54)45-17-11-8-12-18-45/h7-43H,1-6H3. The maximum Gasteiger partial charge on any atom is 0.109 e. The maximum atomic E-state index is 2.58. The van der Waals surface area contributed by atoms with Gasteiger partial charge in [-0.2, -0.15) is 0 Å². The van der Waals surface area contributed by atoms with E-state index in [1.165, 1.54) is 97.3 Å². The third kappa shape index (κ3) is 7.31. The minimum atomic E-state index is 0.0353. The Morgan fingerprint density at radius 2 is 0.847 bits per heavy atom. The van der Waals surface area contributed by atoms with E-state index in [4.69, 9.17) is 0 Å². The fourth-order valence-electron chi connectivity index (χ4n) is 11.0. The van der Waals surface area contributed by atoms with Gasteiger partial charge in [0.25, 0.3) is 0 Å². The van der Waals surface area contributed by atoms with Crippen molar-refractivity contribution in [3.63, 3.8) is 0 Å². The van der Waals surface area contributed by atoms with E-state index in [1.807, 2.05) is 11.3 Å². The van der Waals surface area contributed by atoms with Crippen LogP contribution in [0.25, 0.3) is 80.5 Å². The van der Waals surface area contributed by atoms with Crippen LogP contribution >= 0.6 is 11.3 Å². The second-order valence-corrected chi connectivity index (χ2v) is 22.5. The minimum absolute atomic E-state index is 0.0353. The van der Waals surface area contributed by atoms with Gasteiger partial charge in [-0.3, -0.25) is 4.40 Å². The number of hydrogen-bond donors (Lipinski definition) is 0. The summed E-state index contributed by atoms with van der Waals surface area (Å²) in [6.45, 7) is 13.7. The number of thiophene rings is 1. The first kappa shape index (κ1) is 43.8. The van der Waals surface area contributed by atoms with Crippen LogP contribution in [-0.2, 0) is 10.8 Å². The third-order valence-corrected chi connectivity index (χ3v) is 16.0. The van der Waals surface area contributed by atoms with Gasteiger partial charge in [-0.1, -0.05) is 181 Å². The second kappa shape index (κ2) is 16.7. The topological polar surface area (TPSA) is 10.9 Å². The molecule has 3 heterocycles. The van der Waals surface area contributed by atoms with Crippen LogP contribution in [0.15, 0.2) is 224 Å². The lowest BCUT2D eigenvalue weighted by molar-refractivity contribution is 0.590. The quantitative estimate of drug-likeness (QED) is 0.150. The lowest BCUT2D eigenvalue weighted by Crippen LogP contribution is -2.13. The predicted molar refractivity (Wildman–Crippen MR) is 312 cm³/mol. The summed E-state index contributed by atoms with van der Waals surface area (Å²) < 4.78 is 3.88. The second-order valence-electron chi connectivity index (χ2n) is 21.5. The van der Waals surface area contributed by atoms with Crippen LogP contribution in [0.5, 0.6) is 0 Å². The van der Waals surface area contributed by atoms with Gasteiger partial charge in [0.2, 0.25) is 0 Å². The number of rotatable bonds is 8. The van der Waals surface area contributed by atoms with Crippen molar-refractivity contribution in [3.8, 4) is 22.3 Å². The molecule has 0 fully saturated rings. The van der Waals surface area contributed by atoms with Gasteiger partial charge in [-0.15, -0.1) is 11.3 Å². The summed E-state index contributed by atoms with van der Waals surface area (Å²) in [7, 11) is 0. The van der Waals surface area contributed by atoms with E-state index >= 15 is 0 Å². The molecule has 4 heteroatoms. The molecule has 0 unspecified atom stereocenters. The van der Waals surface area contributed by atoms with Gasteiger partial charge < -0.3 is 9.80 Å². The summed E-state index contributed by atoms with van der Waals surface area (Å²) in [5.41, 5.74) is 16.8. The van der Waals surface area contributed by atoms with Crippen LogP contribution in [0, 0.1) is 0 Å². The molecule has 348 valence electrons. The normalized spacial score (nSPS) is 12.3. The number of fused-ring (bicyclic) bond motifs is 9. The molecular formula is C68H55N3S. The highest BCUT2D eigenvalue weighted by molar-refractivity contribution is 7.25. The number of nitrogens with zero attached hydrogens (tertiary/aromatic N) is 3. The SMILES string of the molecule is CC(C)(C)c1ccc(N(c2ccc(-c3ccccc3)cc2)c2ccc3cc4c5ccc(N(c6ccc(-c7ccccc7)cc6)c6ccc(C(C)(C)C)cc6)c6c7c8ccccc8sc7n(c4cc3c2)c56)cc1. The Kier molecular flexibility index (Phi) is 10.2. The van der Waals surface area contributed by atoms with Crippen molar-refractivity contribution in [1.29, 1.82) is 0 Å². The Morgan fingerprint density at radius 1 is 0.361 bits per heavy atom. The Morgan fingerprint density at radius 3 is 1.40 bits per heavy atom.